The van der Waals surface area contributed by atoms with E-state index in [0.717, 1.165) is 28.2 Å². The van der Waals surface area contributed by atoms with Gasteiger partial charge in [0.25, 0.3) is 0 Å². The maximum atomic E-state index is 9.68. The van der Waals surface area contributed by atoms with Gasteiger partial charge in [-0.1, -0.05) is 18.2 Å². The smallest absolute Gasteiger partial charge is 0.165 e. The molecule has 0 amide bonds. The van der Waals surface area contributed by atoms with Gasteiger partial charge in [0.15, 0.2) is 5.65 Å². The van der Waals surface area contributed by atoms with Crippen molar-refractivity contribution in [2.75, 3.05) is 5.32 Å². The molecule has 0 aliphatic heterocycles. The Labute approximate surface area is 138 Å². The summed E-state index contributed by atoms with van der Waals surface area (Å²) in [6.07, 6.45) is 7.19. The highest BCUT2D eigenvalue weighted by atomic mass is 16.3. The number of rotatable bonds is 4. The molecular weight excluding hydrogens is 302 g/mol. The Balaban J connectivity index is 1.66. The normalized spacial score (nSPS) is 10.8. The van der Waals surface area contributed by atoms with Gasteiger partial charge in [-0.05, 0) is 35.4 Å². The molecule has 0 aliphatic carbocycles. The van der Waals surface area contributed by atoms with E-state index in [1.807, 2.05) is 36.7 Å². The molecule has 0 spiro atoms. The Kier molecular flexibility index (Phi) is 3.55. The molecule has 4 aromatic rings. The number of aromatic nitrogens is 4. The van der Waals surface area contributed by atoms with E-state index >= 15 is 0 Å². The molecule has 0 saturated heterocycles. The first-order valence-electron chi connectivity index (χ1n) is 7.56. The van der Waals surface area contributed by atoms with Crippen LogP contribution in [0, 0.1) is 0 Å². The van der Waals surface area contributed by atoms with E-state index in [4.69, 9.17) is 0 Å². The minimum Gasteiger partial charge on any atom is -0.508 e. The van der Waals surface area contributed by atoms with Crippen LogP contribution in [0.5, 0.6) is 5.75 Å². The van der Waals surface area contributed by atoms with Crippen molar-refractivity contribution in [3.63, 3.8) is 0 Å². The minimum atomic E-state index is 0.220. The molecule has 0 aliphatic rings. The molecule has 1 aromatic carbocycles. The lowest BCUT2D eigenvalue weighted by atomic mass is 10.1. The zero-order valence-corrected chi connectivity index (χ0v) is 12.8. The largest absolute Gasteiger partial charge is 0.508 e. The van der Waals surface area contributed by atoms with Gasteiger partial charge in [-0.2, -0.15) is 5.10 Å². The zero-order chi connectivity index (χ0) is 16.4. The van der Waals surface area contributed by atoms with Crippen LogP contribution in [-0.4, -0.2) is 24.7 Å². The molecule has 3 heterocycles. The summed E-state index contributed by atoms with van der Waals surface area (Å²) in [7, 11) is 0. The molecule has 6 heteroatoms. The molecule has 6 nitrogen and oxygen atoms in total. The molecule has 3 aromatic heterocycles. The molecule has 2 N–H and O–H groups in total. The standard InChI is InChI=1S/C18H15N5O/c24-15-5-1-4-14(9-15)16-12-21-23-8-6-17(22-18(16)23)20-11-13-3-2-7-19-10-13/h1-10,12,24H,11H2,(H,20,22). The summed E-state index contributed by atoms with van der Waals surface area (Å²) in [5.41, 5.74) is 3.57. The maximum absolute atomic E-state index is 9.68. The number of pyridine rings is 1. The van der Waals surface area contributed by atoms with E-state index in [9.17, 15) is 5.11 Å². The molecule has 0 saturated carbocycles. The lowest BCUT2D eigenvalue weighted by molar-refractivity contribution is 0.475. The first-order chi connectivity index (χ1) is 11.8. The van der Waals surface area contributed by atoms with Crippen LogP contribution in [0.1, 0.15) is 5.56 Å². The van der Waals surface area contributed by atoms with Gasteiger partial charge in [-0.25, -0.2) is 9.50 Å². The SMILES string of the molecule is Oc1cccc(-c2cnn3ccc(NCc4cccnc4)nc23)c1. The second kappa shape index (κ2) is 6.00. The lowest BCUT2D eigenvalue weighted by Gasteiger charge is -2.06. The Morgan fingerprint density at radius 1 is 1.08 bits per heavy atom. The van der Waals surface area contributed by atoms with Crippen molar-refractivity contribution < 1.29 is 5.11 Å². The predicted octanol–water partition coefficient (Wildman–Crippen LogP) is 3.11. The fourth-order valence-corrected chi connectivity index (χ4v) is 2.54. The van der Waals surface area contributed by atoms with Crippen molar-refractivity contribution in [2.24, 2.45) is 0 Å². The van der Waals surface area contributed by atoms with Crippen molar-refractivity contribution in [3.05, 3.63) is 72.8 Å². The predicted molar refractivity (Wildman–Crippen MR) is 91.7 cm³/mol. The summed E-state index contributed by atoms with van der Waals surface area (Å²) in [4.78, 5) is 8.75. The molecule has 0 bridgehead atoms. The average molecular weight is 317 g/mol. The van der Waals surface area contributed by atoms with E-state index in [-0.39, 0.29) is 5.75 Å². The highest BCUT2D eigenvalue weighted by molar-refractivity contribution is 5.78. The van der Waals surface area contributed by atoms with Crippen molar-refractivity contribution in [1.29, 1.82) is 0 Å². The van der Waals surface area contributed by atoms with Gasteiger partial charge in [0.1, 0.15) is 11.6 Å². The van der Waals surface area contributed by atoms with Gasteiger partial charge in [-0.3, -0.25) is 4.98 Å². The highest BCUT2D eigenvalue weighted by Crippen LogP contribution is 2.26. The molecule has 0 atom stereocenters. The second-order valence-corrected chi connectivity index (χ2v) is 5.40. The third-order valence-electron chi connectivity index (χ3n) is 3.72. The molecule has 24 heavy (non-hydrogen) atoms. The topological polar surface area (TPSA) is 75.3 Å². The number of nitrogens with zero attached hydrogens (tertiary/aromatic N) is 4. The van der Waals surface area contributed by atoms with Crippen LogP contribution >= 0.6 is 0 Å². The van der Waals surface area contributed by atoms with Crippen LogP contribution in [0.3, 0.4) is 0 Å². The van der Waals surface area contributed by atoms with Crippen LogP contribution in [-0.2, 0) is 6.54 Å². The molecule has 0 radical (unpaired) electrons. The number of phenols is 1. The number of nitrogens with one attached hydrogen (secondary N) is 1. The van der Waals surface area contributed by atoms with Gasteiger partial charge in [0.05, 0.1) is 6.20 Å². The monoisotopic (exact) mass is 317 g/mol. The van der Waals surface area contributed by atoms with Crippen LogP contribution in [0.15, 0.2) is 67.3 Å². The molecule has 0 fully saturated rings. The summed E-state index contributed by atoms with van der Waals surface area (Å²) in [5.74, 6) is 0.978. The highest BCUT2D eigenvalue weighted by Gasteiger charge is 2.09. The Morgan fingerprint density at radius 3 is 2.88 bits per heavy atom. The molecule has 118 valence electrons. The number of phenolic OH excluding ortho intramolecular Hbond substituents is 1. The van der Waals surface area contributed by atoms with Gasteiger partial charge in [-0.15, -0.1) is 0 Å². The molecule has 0 unspecified atom stereocenters. The van der Waals surface area contributed by atoms with Crippen molar-refractivity contribution >= 4 is 11.5 Å². The maximum Gasteiger partial charge on any atom is 0.165 e. The molecule has 4 rings (SSSR count). The number of hydrogen-bond acceptors (Lipinski definition) is 5. The number of anilines is 1. The second-order valence-electron chi connectivity index (χ2n) is 5.40. The number of benzene rings is 1. The number of aromatic hydroxyl groups is 1. The zero-order valence-electron chi connectivity index (χ0n) is 12.8. The van der Waals surface area contributed by atoms with Gasteiger partial charge >= 0.3 is 0 Å². The van der Waals surface area contributed by atoms with E-state index in [2.05, 4.69) is 20.4 Å². The minimum absolute atomic E-state index is 0.220. The van der Waals surface area contributed by atoms with Crippen LogP contribution in [0.4, 0.5) is 5.82 Å². The summed E-state index contributed by atoms with van der Waals surface area (Å²) in [5, 5.41) is 17.3. The van der Waals surface area contributed by atoms with Crippen molar-refractivity contribution in [3.8, 4) is 16.9 Å². The Morgan fingerprint density at radius 2 is 2.04 bits per heavy atom. The van der Waals surface area contributed by atoms with Crippen LogP contribution < -0.4 is 5.32 Å². The van der Waals surface area contributed by atoms with E-state index in [1.54, 1.807) is 35.1 Å². The summed E-state index contributed by atoms with van der Waals surface area (Å²) < 4.78 is 1.72. The van der Waals surface area contributed by atoms with Crippen LogP contribution in [0.2, 0.25) is 0 Å². The molecular formula is C18H15N5O. The Bertz CT molecular complexity index is 981. The lowest BCUT2D eigenvalue weighted by Crippen LogP contribution is -2.03. The van der Waals surface area contributed by atoms with E-state index in [0.29, 0.717) is 6.54 Å². The third kappa shape index (κ3) is 2.77. The van der Waals surface area contributed by atoms with Crippen molar-refractivity contribution in [1.82, 2.24) is 19.6 Å². The Hall–Kier alpha value is -3.41. The summed E-state index contributed by atoms with van der Waals surface area (Å²) >= 11 is 0. The van der Waals surface area contributed by atoms with Crippen molar-refractivity contribution in [2.45, 2.75) is 6.54 Å². The van der Waals surface area contributed by atoms with E-state index in [1.165, 1.54) is 0 Å². The van der Waals surface area contributed by atoms with Gasteiger partial charge in [0, 0.05) is 30.7 Å². The quantitative estimate of drug-likeness (QED) is 0.605. The average Bonchev–Trinajstić information content (AvgIpc) is 3.04. The van der Waals surface area contributed by atoms with Gasteiger partial charge in [0.2, 0.25) is 0 Å². The van der Waals surface area contributed by atoms with Crippen LogP contribution in [0.25, 0.3) is 16.8 Å². The number of fused-ring (bicyclic) bond motifs is 1. The fraction of sp³-hybridized carbons (Fsp3) is 0.0556. The summed E-state index contributed by atoms with van der Waals surface area (Å²) in [6.45, 7) is 0.645. The number of hydrogen-bond donors (Lipinski definition) is 2. The fourth-order valence-electron chi connectivity index (χ4n) is 2.54. The first kappa shape index (κ1) is 14.2. The first-order valence-corrected chi connectivity index (χ1v) is 7.56. The van der Waals surface area contributed by atoms with E-state index < -0.39 is 0 Å². The van der Waals surface area contributed by atoms with Gasteiger partial charge < -0.3 is 10.4 Å². The summed E-state index contributed by atoms with van der Waals surface area (Å²) in [6, 6.07) is 12.9. The third-order valence-corrected chi connectivity index (χ3v) is 3.72.